The zero-order valence-corrected chi connectivity index (χ0v) is 12.2. The summed E-state index contributed by atoms with van der Waals surface area (Å²) >= 11 is 0. The number of nitrogens with one attached hydrogen (secondary N) is 1. The molecule has 2 aromatic rings. The molecule has 23 heavy (non-hydrogen) atoms. The number of alkyl halides is 3. The van der Waals surface area contributed by atoms with Crippen LogP contribution in [0.2, 0.25) is 0 Å². The number of benzene rings is 2. The van der Waals surface area contributed by atoms with Gasteiger partial charge in [0.15, 0.2) is 0 Å². The highest BCUT2D eigenvalue weighted by Crippen LogP contribution is 2.29. The maximum absolute atomic E-state index is 12.5. The number of hydrogen-bond donors (Lipinski definition) is 2. The first kappa shape index (κ1) is 17.0. The van der Waals surface area contributed by atoms with E-state index >= 15 is 0 Å². The van der Waals surface area contributed by atoms with Gasteiger partial charge in [-0.3, -0.25) is 4.79 Å². The van der Waals surface area contributed by atoms with Crippen LogP contribution in [-0.2, 0) is 30.5 Å². The predicted octanol–water partition coefficient (Wildman–Crippen LogP) is 3.06. The van der Waals surface area contributed by atoms with Gasteiger partial charge in [0, 0.05) is 6.54 Å². The third kappa shape index (κ3) is 4.82. The third-order valence-corrected chi connectivity index (χ3v) is 3.41. The van der Waals surface area contributed by atoms with Gasteiger partial charge in [0.05, 0.1) is 18.6 Å². The lowest BCUT2D eigenvalue weighted by molar-refractivity contribution is -0.137. The number of hydrogen-bond acceptors (Lipinski definition) is 2. The molecule has 122 valence electrons. The van der Waals surface area contributed by atoms with E-state index in [1.807, 2.05) is 0 Å². The molecule has 2 aromatic carbocycles. The van der Waals surface area contributed by atoms with E-state index in [0.717, 1.165) is 23.3 Å². The third-order valence-electron chi connectivity index (χ3n) is 3.41. The first-order chi connectivity index (χ1) is 10.9. The molecule has 0 fully saturated rings. The Morgan fingerprint density at radius 1 is 1.00 bits per heavy atom. The van der Waals surface area contributed by atoms with Gasteiger partial charge in [-0.25, -0.2) is 0 Å². The van der Waals surface area contributed by atoms with Crippen LogP contribution in [0.15, 0.2) is 48.5 Å². The first-order valence-electron chi connectivity index (χ1n) is 7.00. The zero-order chi connectivity index (χ0) is 16.9. The molecule has 0 bridgehead atoms. The zero-order valence-electron chi connectivity index (χ0n) is 12.2. The van der Waals surface area contributed by atoms with Crippen molar-refractivity contribution >= 4 is 5.91 Å². The molecule has 0 aromatic heterocycles. The number of amides is 1. The Labute approximate surface area is 131 Å². The van der Waals surface area contributed by atoms with Crippen molar-refractivity contribution in [3.63, 3.8) is 0 Å². The summed E-state index contributed by atoms with van der Waals surface area (Å²) in [6.07, 6.45) is -4.38. The van der Waals surface area contributed by atoms with Crippen molar-refractivity contribution in [1.29, 1.82) is 0 Å². The fourth-order valence-corrected chi connectivity index (χ4v) is 2.14. The molecule has 2 N–H and O–H groups in total. The van der Waals surface area contributed by atoms with Crippen LogP contribution in [0.4, 0.5) is 13.2 Å². The molecule has 0 aliphatic heterocycles. The molecule has 6 heteroatoms. The van der Waals surface area contributed by atoms with Crippen molar-refractivity contribution in [2.45, 2.75) is 25.7 Å². The van der Waals surface area contributed by atoms with Crippen LogP contribution in [-0.4, -0.2) is 11.0 Å². The minimum atomic E-state index is -4.38. The van der Waals surface area contributed by atoms with Gasteiger partial charge in [-0.15, -0.1) is 0 Å². The van der Waals surface area contributed by atoms with Crippen LogP contribution >= 0.6 is 0 Å². The summed E-state index contributed by atoms with van der Waals surface area (Å²) in [6, 6.07) is 11.7. The average Bonchev–Trinajstić information content (AvgIpc) is 2.53. The van der Waals surface area contributed by atoms with Gasteiger partial charge in [-0.2, -0.15) is 13.2 Å². The Hall–Kier alpha value is -2.34. The van der Waals surface area contributed by atoms with E-state index in [1.165, 1.54) is 12.1 Å². The van der Waals surface area contributed by atoms with E-state index in [1.54, 1.807) is 24.3 Å². The summed E-state index contributed by atoms with van der Waals surface area (Å²) in [6.45, 7) is 0.140. The quantitative estimate of drug-likeness (QED) is 0.888. The van der Waals surface area contributed by atoms with Gasteiger partial charge in [-0.05, 0) is 28.8 Å². The van der Waals surface area contributed by atoms with Crippen molar-refractivity contribution < 1.29 is 23.1 Å². The summed E-state index contributed by atoms with van der Waals surface area (Å²) in [5.74, 6) is -0.294. The molecule has 0 atom stereocenters. The normalized spacial score (nSPS) is 11.3. The highest BCUT2D eigenvalue weighted by Gasteiger charge is 2.29. The number of aliphatic hydroxyl groups is 1. The molecule has 0 spiro atoms. The molecular formula is C17H16F3NO2. The van der Waals surface area contributed by atoms with E-state index in [-0.39, 0.29) is 25.5 Å². The molecule has 0 saturated carbocycles. The lowest BCUT2D eigenvalue weighted by atomic mass is 10.1. The van der Waals surface area contributed by atoms with Gasteiger partial charge in [0.2, 0.25) is 5.91 Å². The Morgan fingerprint density at radius 2 is 1.61 bits per heavy atom. The Kier molecular flexibility index (Phi) is 5.39. The van der Waals surface area contributed by atoms with Gasteiger partial charge in [0.25, 0.3) is 0 Å². The summed E-state index contributed by atoms with van der Waals surface area (Å²) < 4.78 is 37.4. The standard InChI is InChI=1S/C17H16F3NO2/c18-17(19,20)15-7-5-12(6-8-15)9-16(23)21-10-13-3-1-2-4-14(13)11-22/h1-8,22H,9-11H2,(H,21,23). The Balaban J connectivity index is 1.92. The SMILES string of the molecule is O=C(Cc1ccc(C(F)(F)F)cc1)NCc1ccccc1CO. The summed E-state index contributed by atoms with van der Waals surface area (Å²) in [5.41, 5.74) is 1.29. The molecule has 0 unspecified atom stereocenters. The largest absolute Gasteiger partial charge is 0.416 e. The molecule has 0 radical (unpaired) electrons. The molecule has 1 amide bonds. The van der Waals surface area contributed by atoms with Crippen molar-refractivity contribution in [3.05, 3.63) is 70.8 Å². The van der Waals surface area contributed by atoms with Gasteiger partial charge >= 0.3 is 6.18 Å². The average molecular weight is 323 g/mol. The molecule has 0 heterocycles. The topological polar surface area (TPSA) is 49.3 Å². The second-order valence-electron chi connectivity index (χ2n) is 5.08. The van der Waals surface area contributed by atoms with E-state index in [2.05, 4.69) is 5.32 Å². The Bertz CT molecular complexity index is 666. The van der Waals surface area contributed by atoms with E-state index in [0.29, 0.717) is 5.56 Å². The molecular weight excluding hydrogens is 307 g/mol. The molecule has 3 nitrogen and oxygen atoms in total. The van der Waals surface area contributed by atoms with Gasteiger partial charge in [-0.1, -0.05) is 36.4 Å². The molecule has 0 aliphatic carbocycles. The molecule has 0 aliphatic rings. The van der Waals surface area contributed by atoms with E-state index in [4.69, 9.17) is 0 Å². The predicted molar refractivity (Wildman–Crippen MR) is 79.4 cm³/mol. The minimum absolute atomic E-state index is 0.000566. The highest BCUT2D eigenvalue weighted by molar-refractivity contribution is 5.78. The van der Waals surface area contributed by atoms with E-state index < -0.39 is 11.7 Å². The maximum atomic E-state index is 12.5. The lowest BCUT2D eigenvalue weighted by Crippen LogP contribution is -2.25. The lowest BCUT2D eigenvalue weighted by Gasteiger charge is -2.10. The first-order valence-corrected chi connectivity index (χ1v) is 7.00. The van der Waals surface area contributed by atoms with Gasteiger partial charge in [0.1, 0.15) is 0 Å². The number of halogens is 3. The smallest absolute Gasteiger partial charge is 0.392 e. The second-order valence-corrected chi connectivity index (χ2v) is 5.08. The fraction of sp³-hybridized carbons (Fsp3) is 0.235. The highest BCUT2D eigenvalue weighted by atomic mass is 19.4. The van der Waals surface area contributed by atoms with Gasteiger partial charge < -0.3 is 10.4 Å². The van der Waals surface area contributed by atoms with Crippen LogP contribution < -0.4 is 5.32 Å². The van der Waals surface area contributed by atoms with Crippen molar-refractivity contribution in [2.75, 3.05) is 0 Å². The minimum Gasteiger partial charge on any atom is -0.392 e. The fourth-order valence-electron chi connectivity index (χ4n) is 2.14. The van der Waals surface area contributed by atoms with Crippen molar-refractivity contribution in [2.24, 2.45) is 0 Å². The molecule has 2 rings (SSSR count). The number of aliphatic hydroxyl groups excluding tert-OH is 1. The summed E-state index contributed by atoms with van der Waals surface area (Å²) in [4.78, 5) is 11.9. The molecule has 0 saturated heterocycles. The monoisotopic (exact) mass is 323 g/mol. The van der Waals surface area contributed by atoms with Crippen molar-refractivity contribution in [1.82, 2.24) is 5.32 Å². The van der Waals surface area contributed by atoms with E-state index in [9.17, 15) is 23.1 Å². The summed E-state index contributed by atoms with van der Waals surface area (Å²) in [7, 11) is 0. The second kappa shape index (κ2) is 7.28. The van der Waals surface area contributed by atoms with Crippen LogP contribution in [0, 0.1) is 0 Å². The number of carbonyl (C=O) groups is 1. The van der Waals surface area contributed by atoms with Crippen LogP contribution in [0.1, 0.15) is 22.3 Å². The number of rotatable bonds is 5. The van der Waals surface area contributed by atoms with Crippen LogP contribution in [0.5, 0.6) is 0 Å². The number of carbonyl (C=O) groups excluding carboxylic acids is 1. The van der Waals surface area contributed by atoms with Crippen molar-refractivity contribution in [3.8, 4) is 0 Å². The van der Waals surface area contributed by atoms with Crippen LogP contribution in [0.25, 0.3) is 0 Å². The summed E-state index contributed by atoms with van der Waals surface area (Å²) in [5, 5.41) is 11.9. The maximum Gasteiger partial charge on any atom is 0.416 e. The van der Waals surface area contributed by atoms with Crippen LogP contribution in [0.3, 0.4) is 0 Å². The Morgan fingerprint density at radius 3 is 2.17 bits per heavy atom.